The molecule has 0 spiro atoms. The minimum Gasteiger partial charge on any atom is -0.378 e. The monoisotopic (exact) mass is 418 g/mol. The van der Waals surface area contributed by atoms with Crippen molar-refractivity contribution in [3.8, 4) is 0 Å². The van der Waals surface area contributed by atoms with Gasteiger partial charge in [-0.25, -0.2) is 4.98 Å². The number of carbonyl (C=O) groups excluding carboxylic acids is 1. The van der Waals surface area contributed by atoms with Crippen LogP contribution in [0.5, 0.6) is 0 Å². The van der Waals surface area contributed by atoms with Crippen molar-refractivity contribution < 1.29 is 9.53 Å². The summed E-state index contributed by atoms with van der Waals surface area (Å²) in [7, 11) is 0. The summed E-state index contributed by atoms with van der Waals surface area (Å²) >= 11 is 6.13. The van der Waals surface area contributed by atoms with Gasteiger partial charge in [-0.15, -0.1) is 0 Å². The number of rotatable bonds is 3. The molecule has 2 aromatic carbocycles. The van der Waals surface area contributed by atoms with Crippen molar-refractivity contribution in [3.63, 3.8) is 0 Å². The average molecular weight is 419 g/mol. The summed E-state index contributed by atoms with van der Waals surface area (Å²) in [6, 6.07) is 15.1. The predicted molar refractivity (Wildman–Crippen MR) is 119 cm³/mol. The van der Waals surface area contributed by atoms with Crippen molar-refractivity contribution in [1.29, 1.82) is 0 Å². The number of nitrogens with zero attached hydrogens (tertiary/aromatic N) is 3. The van der Waals surface area contributed by atoms with Crippen LogP contribution in [0.4, 0.5) is 11.5 Å². The molecule has 0 unspecified atom stereocenters. The average Bonchev–Trinajstić information content (AvgIpc) is 2.79. The van der Waals surface area contributed by atoms with E-state index in [2.05, 4.69) is 10.3 Å². The largest absolute Gasteiger partial charge is 0.378 e. The molecule has 0 radical (unpaired) electrons. The maximum atomic E-state index is 12.9. The molecule has 0 aliphatic carbocycles. The van der Waals surface area contributed by atoms with Crippen LogP contribution in [0.1, 0.15) is 10.4 Å². The summed E-state index contributed by atoms with van der Waals surface area (Å²) in [6.45, 7) is 2.35. The van der Waals surface area contributed by atoms with Gasteiger partial charge in [-0.1, -0.05) is 23.7 Å². The number of carbonyl (C=O) groups is 1. The lowest BCUT2D eigenvalue weighted by atomic mass is 10.0. The van der Waals surface area contributed by atoms with Crippen LogP contribution in [0.3, 0.4) is 0 Å². The molecule has 0 atom stereocenters. The molecule has 3 heterocycles. The minimum absolute atomic E-state index is 0.00219. The van der Waals surface area contributed by atoms with Gasteiger partial charge in [-0.2, -0.15) is 0 Å². The molecule has 1 saturated heterocycles. The smallest absolute Gasteiger partial charge is 0.254 e. The topological polar surface area (TPSA) is 67.4 Å². The van der Waals surface area contributed by atoms with E-state index in [9.17, 15) is 4.79 Å². The third-order valence-electron chi connectivity index (χ3n) is 5.23. The van der Waals surface area contributed by atoms with E-state index >= 15 is 0 Å². The number of hydrogen-bond acceptors (Lipinski definition) is 5. The number of aromatic nitrogens is 2. The Kier molecular flexibility index (Phi) is 4.94. The van der Waals surface area contributed by atoms with Gasteiger partial charge in [0.25, 0.3) is 5.91 Å². The van der Waals surface area contributed by atoms with Crippen LogP contribution in [0.15, 0.2) is 60.9 Å². The van der Waals surface area contributed by atoms with Crippen LogP contribution in [-0.2, 0) is 4.74 Å². The van der Waals surface area contributed by atoms with Crippen LogP contribution in [0.25, 0.3) is 21.7 Å². The molecule has 0 saturated carbocycles. The second-order valence-electron chi connectivity index (χ2n) is 7.15. The first-order valence-electron chi connectivity index (χ1n) is 9.76. The van der Waals surface area contributed by atoms with Crippen molar-refractivity contribution in [2.75, 3.05) is 31.6 Å². The van der Waals surface area contributed by atoms with Gasteiger partial charge in [0, 0.05) is 57.9 Å². The zero-order valence-electron chi connectivity index (χ0n) is 16.1. The molecule has 1 fully saturated rings. The number of fused-ring (bicyclic) bond motifs is 3. The highest BCUT2D eigenvalue weighted by atomic mass is 35.5. The maximum absolute atomic E-state index is 12.9. The summed E-state index contributed by atoms with van der Waals surface area (Å²) in [5, 5.41) is 6.87. The molecule has 2 aromatic heterocycles. The first kappa shape index (κ1) is 18.8. The van der Waals surface area contributed by atoms with E-state index < -0.39 is 0 Å². The summed E-state index contributed by atoms with van der Waals surface area (Å²) in [5.41, 5.74) is 2.20. The summed E-state index contributed by atoms with van der Waals surface area (Å²) in [5.74, 6) is 0.691. The molecule has 1 N–H and O–H groups in total. The van der Waals surface area contributed by atoms with Gasteiger partial charge < -0.3 is 15.0 Å². The van der Waals surface area contributed by atoms with Crippen LogP contribution >= 0.6 is 11.6 Å². The maximum Gasteiger partial charge on any atom is 0.254 e. The number of nitrogens with one attached hydrogen (secondary N) is 1. The fourth-order valence-corrected chi connectivity index (χ4v) is 3.92. The third-order valence-corrected chi connectivity index (χ3v) is 5.46. The van der Waals surface area contributed by atoms with Gasteiger partial charge in [0.1, 0.15) is 5.82 Å². The normalized spacial score (nSPS) is 14.2. The lowest BCUT2D eigenvalue weighted by molar-refractivity contribution is 0.0303. The number of pyridine rings is 2. The van der Waals surface area contributed by atoms with E-state index in [1.807, 2.05) is 59.6 Å². The van der Waals surface area contributed by atoms with Crippen molar-refractivity contribution in [1.82, 2.24) is 14.9 Å². The molecule has 4 aromatic rings. The first-order valence-corrected chi connectivity index (χ1v) is 10.1. The Bertz CT molecular complexity index is 1250. The Labute approximate surface area is 178 Å². The second kappa shape index (κ2) is 7.89. The number of halogens is 1. The van der Waals surface area contributed by atoms with E-state index in [0.29, 0.717) is 42.7 Å². The number of morpholine rings is 1. The van der Waals surface area contributed by atoms with E-state index in [1.54, 1.807) is 6.20 Å². The number of ether oxygens (including phenoxy) is 1. The van der Waals surface area contributed by atoms with Crippen LogP contribution in [-0.4, -0.2) is 47.1 Å². The van der Waals surface area contributed by atoms with E-state index in [1.165, 1.54) is 0 Å². The zero-order chi connectivity index (χ0) is 20.5. The quantitative estimate of drug-likeness (QED) is 0.490. The summed E-state index contributed by atoms with van der Waals surface area (Å²) in [6.07, 6.45) is 3.57. The highest BCUT2D eigenvalue weighted by Gasteiger charge is 2.19. The summed E-state index contributed by atoms with van der Waals surface area (Å²) in [4.78, 5) is 23.9. The highest BCUT2D eigenvalue weighted by Crippen LogP contribution is 2.31. The number of anilines is 2. The van der Waals surface area contributed by atoms with Crippen LogP contribution < -0.4 is 5.32 Å². The molecule has 6 nitrogen and oxygen atoms in total. The third kappa shape index (κ3) is 3.56. The lowest BCUT2D eigenvalue weighted by Crippen LogP contribution is -2.40. The Morgan fingerprint density at radius 2 is 1.90 bits per heavy atom. The van der Waals surface area contributed by atoms with Gasteiger partial charge >= 0.3 is 0 Å². The molecule has 30 heavy (non-hydrogen) atoms. The Morgan fingerprint density at radius 3 is 2.73 bits per heavy atom. The molecule has 1 aliphatic rings. The van der Waals surface area contributed by atoms with Gasteiger partial charge in [0.2, 0.25) is 0 Å². The lowest BCUT2D eigenvalue weighted by Gasteiger charge is -2.27. The predicted octanol–water partition coefficient (Wildman–Crippen LogP) is 4.65. The molecular weight excluding hydrogens is 400 g/mol. The Balaban J connectivity index is 1.61. The number of benzene rings is 2. The van der Waals surface area contributed by atoms with Crippen molar-refractivity contribution >= 4 is 50.7 Å². The molecule has 1 aliphatic heterocycles. The highest BCUT2D eigenvalue weighted by molar-refractivity contribution is 6.30. The van der Waals surface area contributed by atoms with Gasteiger partial charge in [-0.3, -0.25) is 9.78 Å². The van der Waals surface area contributed by atoms with E-state index in [-0.39, 0.29) is 5.91 Å². The first-order chi connectivity index (χ1) is 14.7. The van der Waals surface area contributed by atoms with Crippen molar-refractivity contribution in [2.45, 2.75) is 0 Å². The van der Waals surface area contributed by atoms with Crippen molar-refractivity contribution in [2.24, 2.45) is 0 Å². The van der Waals surface area contributed by atoms with Gasteiger partial charge in [-0.05, 0) is 36.4 Å². The zero-order valence-corrected chi connectivity index (χ0v) is 16.9. The Hall–Kier alpha value is -3.22. The molecule has 150 valence electrons. The molecular formula is C23H19ClN4O2. The van der Waals surface area contributed by atoms with Crippen molar-refractivity contribution in [3.05, 3.63) is 71.5 Å². The molecule has 1 amide bonds. The molecule has 0 bridgehead atoms. The standard InChI is InChI=1S/C23H19ClN4O2/c24-16-2-1-3-17(13-16)26-22-19-6-7-25-14-20(19)18-5-4-15(12-21(18)27-22)23(29)28-8-10-30-11-9-28/h1-7,12-14H,8-11H2,(H,26,27). The fourth-order valence-electron chi connectivity index (χ4n) is 3.73. The second-order valence-corrected chi connectivity index (χ2v) is 7.59. The minimum atomic E-state index is -0.00219. The van der Waals surface area contributed by atoms with Crippen LogP contribution in [0.2, 0.25) is 5.02 Å². The number of amides is 1. The van der Waals surface area contributed by atoms with Gasteiger partial charge in [0.05, 0.1) is 18.7 Å². The van der Waals surface area contributed by atoms with Gasteiger partial charge in [0.15, 0.2) is 0 Å². The molecule has 7 heteroatoms. The number of hydrogen-bond donors (Lipinski definition) is 1. The molecule has 5 rings (SSSR count). The van der Waals surface area contributed by atoms with Crippen LogP contribution in [0, 0.1) is 0 Å². The van der Waals surface area contributed by atoms with E-state index in [4.69, 9.17) is 21.3 Å². The summed E-state index contributed by atoms with van der Waals surface area (Å²) < 4.78 is 5.35. The fraction of sp³-hybridized carbons (Fsp3) is 0.174. The van der Waals surface area contributed by atoms with E-state index in [0.717, 1.165) is 27.4 Å². The Morgan fingerprint density at radius 1 is 1.03 bits per heavy atom. The SMILES string of the molecule is O=C(c1ccc2c(c1)nc(Nc1cccc(Cl)c1)c1ccncc12)N1CCOCC1.